The lowest BCUT2D eigenvalue weighted by Gasteiger charge is -2.30. The van der Waals surface area contributed by atoms with Gasteiger partial charge in [-0.15, -0.1) is 0 Å². The van der Waals surface area contributed by atoms with E-state index in [0.717, 1.165) is 49.3 Å². The molecule has 1 unspecified atom stereocenters. The number of nitrogens with one attached hydrogen (secondary N) is 1. The molecule has 2 amide bonds. The number of nitrogens with zero attached hydrogens (tertiary/aromatic N) is 1. The molecular weight excluding hydrogens is 304 g/mol. The van der Waals surface area contributed by atoms with E-state index in [0.29, 0.717) is 6.04 Å². The number of rotatable bonds is 4. The fraction of sp³-hybridized carbons (Fsp3) is 0.632. The van der Waals surface area contributed by atoms with E-state index < -0.39 is 0 Å². The van der Waals surface area contributed by atoms with Crippen LogP contribution in [-0.4, -0.2) is 37.7 Å². The number of amides is 2. The lowest BCUT2D eigenvalue weighted by atomic mass is 9.95. The summed E-state index contributed by atoms with van der Waals surface area (Å²) in [5, 5.41) is 3.24. The van der Waals surface area contributed by atoms with Crippen LogP contribution in [0.3, 0.4) is 0 Å². The normalized spacial score (nSPS) is 21.6. The molecule has 1 aromatic rings. The van der Waals surface area contributed by atoms with Crippen LogP contribution >= 0.6 is 0 Å². The number of likely N-dealkylation sites (tertiary alicyclic amines) is 1. The molecule has 3 rings (SSSR count). The van der Waals surface area contributed by atoms with E-state index in [1.165, 1.54) is 19.3 Å². The molecule has 0 aromatic heterocycles. The maximum absolute atomic E-state index is 12.8. The first kappa shape index (κ1) is 16.9. The van der Waals surface area contributed by atoms with Gasteiger partial charge in [0.2, 0.25) is 0 Å². The van der Waals surface area contributed by atoms with Gasteiger partial charge < -0.3 is 19.7 Å². The summed E-state index contributed by atoms with van der Waals surface area (Å²) in [4.78, 5) is 14.7. The van der Waals surface area contributed by atoms with Gasteiger partial charge in [-0.25, -0.2) is 4.79 Å². The minimum atomic E-state index is 0.0715. The van der Waals surface area contributed by atoms with Crippen LogP contribution in [0.4, 0.5) is 4.79 Å². The van der Waals surface area contributed by atoms with Crippen LogP contribution in [-0.2, 0) is 0 Å². The SMILES string of the molecule is COc1ccc(C2CCCN2C(=O)NC2CCCCC2)c(OC)c1. The minimum Gasteiger partial charge on any atom is -0.497 e. The fourth-order valence-corrected chi connectivity index (χ4v) is 3.93. The molecule has 1 aliphatic heterocycles. The zero-order chi connectivity index (χ0) is 16.9. The van der Waals surface area contributed by atoms with Gasteiger partial charge in [-0.3, -0.25) is 0 Å². The largest absolute Gasteiger partial charge is 0.497 e. The Morgan fingerprint density at radius 2 is 1.88 bits per heavy atom. The smallest absolute Gasteiger partial charge is 0.318 e. The topological polar surface area (TPSA) is 50.8 Å². The van der Waals surface area contributed by atoms with Gasteiger partial charge in [-0.05, 0) is 37.8 Å². The molecule has 2 aliphatic rings. The summed E-state index contributed by atoms with van der Waals surface area (Å²) in [7, 11) is 3.31. The Labute approximate surface area is 144 Å². The molecule has 1 saturated carbocycles. The van der Waals surface area contributed by atoms with Crippen LogP contribution in [0.2, 0.25) is 0 Å². The molecule has 1 aliphatic carbocycles. The molecule has 2 fully saturated rings. The molecule has 5 nitrogen and oxygen atoms in total. The Morgan fingerprint density at radius 3 is 2.58 bits per heavy atom. The van der Waals surface area contributed by atoms with Crippen molar-refractivity contribution in [3.05, 3.63) is 23.8 Å². The van der Waals surface area contributed by atoms with Gasteiger partial charge in [0, 0.05) is 24.2 Å². The van der Waals surface area contributed by atoms with Gasteiger partial charge in [0.05, 0.1) is 20.3 Å². The Hall–Kier alpha value is -1.91. The summed E-state index contributed by atoms with van der Waals surface area (Å²) in [5.41, 5.74) is 1.06. The lowest BCUT2D eigenvalue weighted by Crippen LogP contribution is -2.45. The van der Waals surface area contributed by atoms with E-state index in [2.05, 4.69) is 5.32 Å². The Kier molecular flexibility index (Phi) is 5.48. The monoisotopic (exact) mass is 332 g/mol. The quantitative estimate of drug-likeness (QED) is 0.910. The summed E-state index contributed by atoms with van der Waals surface area (Å²) in [5.74, 6) is 1.56. The fourth-order valence-electron chi connectivity index (χ4n) is 3.93. The first-order chi connectivity index (χ1) is 11.7. The van der Waals surface area contributed by atoms with Crippen molar-refractivity contribution in [3.63, 3.8) is 0 Å². The zero-order valence-electron chi connectivity index (χ0n) is 14.7. The Morgan fingerprint density at radius 1 is 1.08 bits per heavy atom. The molecule has 1 aromatic carbocycles. The summed E-state index contributed by atoms with van der Waals surface area (Å²) in [6, 6.07) is 6.34. The molecular formula is C19H28N2O3. The minimum absolute atomic E-state index is 0.0715. The second-order valence-electron chi connectivity index (χ2n) is 6.74. The maximum Gasteiger partial charge on any atom is 0.318 e. The average molecular weight is 332 g/mol. The lowest BCUT2D eigenvalue weighted by molar-refractivity contribution is 0.184. The molecule has 0 radical (unpaired) electrons. The van der Waals surface area contributed by atoms with Crippen molar-refractivity contribution in [2.45, 2.75) is 57.0 Å². The van der Waals surface area contributed by atoms with E-state index >= 15 is 0 Å². The Balaban J connectivity index is 1.74. The van der Waals surface area contributed by atoms with Crippen LogP contribution in [0.5, 0.6) is 11.5 Å². The van der Waals surface area contributed by atoms with Crippen LogP contribution in [0.1, 0.15) is 56.6 Å². The number of benzene rings is 1. The van der Waals surface area contributed by atoms with Crippen molar-refractivity contribution in [1.82, 2.24) is 10.2 Å². The third kappa shape index (κ3) is 3.60. The van der Waals surface area contributed by atoms with Crippen molar-refractivity contribution < 1.29 is 14.3 Å². The van der Waals surface area contributed by atoms with Crippen LogP contribution in [0, 0.1) is 0 Å². The van der Waals surface area contributed by atoms with Crippen molar-refractivity contribution >= 4 is 6.03 Å². The summed E-state index contributed by atoms with van der Waals surface area (Å²) >= 11 is 0. The van der Waals surface area contributed by atoms with Gasteiger partial charge in [0.1, 0.15) is 11.5 Å². The second kappa shape index (κ2) is 7.77. The van der Waals surface area contributed by atoms with Crippen molar-refractivity contribution in [3.8, 4) is 11.5 Å². The summed E-state index contributed by atoms with van der Waals surface area (Å²) in [6.45, 7) is 0.804. The van der Waals surface area contributed by atoms with E-state index in [4.69, 9.17) is 9.47 Å². The molecule has 1 atom stereocenters. The highest BCUT2D eigenvalue weighted by atomic mass is 16.5. The van der Waals surface area contributed by atoms with Gasteiger partial charge >= 0.3 is 6.03 Å². The summed E-state index contributed by atoms with van der Waals surface area (Å²) in [6.07, 6.45) is 7.95. The molecule has 24 heavy (non-hydrogen) atoms. The molecule has 0 bridgehead atoms. The van der Waals surface area contributed by atoms with Crippen molar-refractivity contribution in [2.24, 2.45) is 0 Å². The van der Waals surface area contributed by atoms with Crippen LogP contribution in [0.15, 0.2) is 18.2 Å². The molecule has 5 heteroatoms. The standard InChI is InChI=1S/C19H28N2O3/c1-23-15-10-11-16(18(13-15)24-2)17-9-6-12-21(17)19(22)20-14-7-4-3-5-8-14/h10-11,13-14,17H,3-9,12H2,1-2H3,(H,20,22). The number of ether oxygens (including phenoxy) is 2. The van der Waals surface area contributed by atoms with E-state index in [-0.39, 0.29) is 12.1 Å². The zero-order valence-corrected chi connectivity index (χ0v) is 14.7. The average Bonchev–Trinajstić information content (AvgIpc) is 3.11. The number of carbonyl (C=O) groups excluding carboxylic acids is 1. The van der Waals surface area contributed by atoms with Crippen molar-refractivity contribution in [2.75, 3.05) is 20.8 Å². The molecule has 0 spiro atoms. The first-order valence-electron chi connectivity index (χ1n) is 9.02. The van der Waals surface area contributed by atoms with Gasteiger partial charge in [-0.2, -0.15) is 0 Å². The Bertz CT molecular complexity index is 570. The number of carbonyl (C=O) groups is 1. The van der Waals surface area contributed by atoms with Crippen LogP contribution in [0.25, 0.3) is 0 Å². The van der Waals surface area contributed by atoms with Gasteiger partial charge in [0.25, 0.3) is 0 Å². The molecule has 132 valence electrons. The molecule has 1 heterocycles. The predicted molar refractivity (Wildman–Crippen MR) is 93.6 cm³/mol. The van der Waals surface area contributed by atoms with Crippen molar-refractivity contribution in [1.29, 1.82) is 0 Å². The number of hydrogen-bond donors (Lipinski definition) is 1. The van der Waals surface area contributed by atoms with Crippen LogP contribution < -0.4 is 14.8 Å². The maximum atomic E-state index is 12.8. The summed E-state index contributed by atoms with van der Waals surface area (Å²) < 4.78 is 10.8. The highest BCUT2D eigenvalue weighted by Crippen LogP contribution is 2.38. The number of urea groups is 1. The van der Waals surface area contributed by atoms with Gasteiger partial charge in [-0.1, -0.05) is 19.3 Å². The highest BCUT2D eigenvalue weighted by Gasteiger charge is 2.33. The van der Waals surface area contributed by atoms with E-state index in [9.17, 15) is 4.79 Å². The molecule has 1 saturated heterocycles. The third-order valence-corrected chi connectivity index (χ3v) is 5.25. The first-order valence-corrected chi connectivity index (χ1v) is 9.02. The van der Waals surface area contributed by atoms with E-state index in [1.807, 2.05) is 23.1 Å². The number of hydrogen-bond acceptors (Lipinski definition) is 3. The van der Waals surface area contributed by atoms with Gasteiger partial charge in [0.15, 0.2) is 0 Å². The number of methoxy groups -OCH3 is 2. The molecule has 1 N–H and O–H groups in total. The van der Waals surface area contributed by atoms with E-state index in [1.54, 1.807) is 14.2 Å². The predicted octanol–water partition coefficient (Wildman–Crippen LogP) is 3.88. The second-order valence-corrected chi connectivity index (χ2v) is 6.74. The third-order valence-electron chi connectivity index (χ3n) is 5.25. The highest BCUT2D eigenvalue weighted by molar-refractivity contribution is 5.75.